The molecule has 74 valence electrons. The first kappa shape index (κ1) is 10.3. The van der Waals surface area contributed by atoms with Crippen LogP contribution in [0.25, 0.3) is 0 Å². The minimum atomic E-state index is 0.183. The highest BCUT2D eigenvalue weighted by Gasteiger charge is 2.14. The van der Waals surface area contributed by atoms with Crippen LogP contribution in [0.5, 0.6) is 0 Å². The van der Waals surface area contributed by atoms with Gasteiger partial charge in [0.05, 0.1) is 6.04 Å². The molecule has 0 saturated heterocycles. The van der Waals surface area contributed by atoms with E-state index in [9.17, 15) is 0 Å². The van der Waals surface area contributed by atoms with E-state index >= 15 is 0 Å². The third kappa shape index (κ3) is 2.86. The van der Waals surface area contributed by atoms with Gasteiger partial charge in [-0.2, -0.15) is 0 Å². The SMILES string of the molecule is CNC(CC(C)N)c1ccc(C)o1. The van der Waals surface area contributed by atoms with Crippen LogP contribution in [-0.4, -0.2) is 13.1 Å². The van der Waals surface area contributed by atoms with Gasteiger partial charge in [0.1, 0.15) is 11.5 Å². The molecule has 0 fully saturated rings. The third-order valence-electron chi connectivity index (χ3n) is 2.06. The van der Waals surface area contributed by atoms with Crippen molar-refractivity contribution in [1.29, 1.82) is 0 Å². The van der Waals surface area contributed by atoms with Crippen molar-refractivity contribution in [2.75, 3.05) is 7.05 Å². The van der Waals surface area contributed by atoms with E-state index in [1.165, 1.54) is 0 Å². The summed E-state index contributed by atoms with van der Waals surface area (Å²) < 4.78 is 5.52. The minimum Gasteiger partial charge on any atom is -0.465 e. The molecule has 13 heavy (non-hydrogen) atoms. The molecule has 0 radical (unpaired) electrons. The first-order valence-corrected chi connectivity index (χ1v) is 4.62. The molecule has 0 spiro atoms. The van der Waals surface area contributed by atoms with Crippen molar-refractivity contribution in [1.82, 2.24) is 5.32 Å². The van der Waals surface area contributed by atoms with Crippen molar-refractivity contribution in [3.8, 4) is 0 Å². The summed E-state index contributed by atoms with van der Waals surface area (Å²) in [6.45, 7) is 3.95. The Morgan fingerprint density at radius 2 is 2.23 bits per heavy atom. The summed E-state index contributed by atoms with van der Waals surface area (Å²) in [5, 5.41) is 3.19. The Labute approximate surface area is 79.3 Å². The van der Waals surface area contributed by atoms with Crippen molar-refractivity contribution in [3.63, 3.8) is 0 Å². The molecule has 3 N–H and O–H groups in total. The maximum absolute atomic E-state index is 5.73. The van der Waals surface area contributed by atoms with Crippen LogP contribution in [0.3, 0.4) is 0 Å². The van der Waals surface area contributed by atoms with Gasteiger partial charge in [-0.3, -0.25) is 0 Å². The molecule has 0 aromatic carbocycles. The quantitative estimate of drug-likeness (QED) is 0.743. The fourth-order valence-electron chi connectivity index (χ4n) is 1.39. The van der Waals surface area contributed by atoms with Crippen LogP contribution in [0.2, 0.25) is 0 Å². The zero-order valence-corrected chi connectivity index (χ0v) is 8.50. The van der Waals surface area contributed by atoms with E-state index in [1.54, 1.807) is 0 Å². The molecule has 3 heteroatoms. The van der Waals surface area contributed by atoms with E-state index in [0.29, 0.717) is 0 Å². The summed E-state index contributed by atoms with van der Waals surface area (Å²) in [4.78, 5) is 0. The van der Waals surface area contributed by atoms with Crippen LogP contribution in [0.4, 0.5) is 0 Å². The average molecular weight is 182 g/mol. The molecular formula is C10H18N2O. The highest BCUT2D eigenvalue weighted by Crippen LogP contribution is 2.19. The van der Waals surface area contributed by atoms with Gasteiger partial charge >= 0.3 is 0 Å². The first-order valence-electron chi connectivity index (χ1n) is 4.62. The Morgan fingerprint density at radius 3 is 2.62 bits per heavy atom. The number of nitrogens with one attached hydrogen (secondary N) is 1. The molecule has 0 amide bonds. The molecule has 1 rings (SSSR count). The van der Waals surface area contributed by atoms with Gasteiger partial charge < -0.3 is 15.5 Å². The van der Waals surface area contributed by atoms with Crippen molar-refractivity contribution in [3.05, 3.63) is 23.7 Å². The summed E-state index contributed by atoms with van der Waals surface area (Å²) in [7, 11) is 1.92. The number of rotatable bonds is 4. The second-order valence-corrected chi connectivity index (χ2v) is 3.50. The largest absolute Gasteiger partial charge is 0.465 e. The Kier molecular flexibility index (Phi) is 3.51. The monoisotopic (exact) mass is 182 g/mol. The van der Waals surface area contributed by atoms with Crippen LogP contribution >= 0.6 is 0 Å². The lowest BCUT2D eigenvalue weighted by molar-refractivity contribution is 0.387. The molecule has 2 unspecified atom stereocenters. The van der Waals surface area contributed by atoms with Crippen molar-refractivity contribution < 1.29 is 4.42 Å². The Bertz CT molecular complexity index is 255. The van der Waals surface area contributed by atoms with Crippen molar-refractivity contribution >= 4 is 0 Å². The molecular weight excluding hydrogens is 164 g/mol. The highest BCUT2D eigenvalue weighted by atomic mass is 16.3. The lowest BCUT2D eigenvalue weighted by Gasteiger charge is -2.15. The highest BCUT2D eigenvalue weighted by molar-refractivity contribution is 5.09. The molecule has 0 bridgehead atoms. The molecule has 2 atom stereocenters. The van der Waals surface area contributed by atoms with Crippen LogP contribution in [0.15, 0.2) is 16.5 Å². The van der Waals surface area contributed by atoms with Crippen LogP contribution in [0.1, 0.15) is 30.9 Å². The standard InChI is InChI=1S/C10H18N2O/c1-7(11)6-9(12-3)10-5-4-8(2)13-10/h4-5,7,9,12H,6,11H2,1-3H3. The second kappa shape index (κ2) is 4.44. The normalized spacial score (nSPS) is 15.7. The van der Waals surface area contributed by atoms with Gasteiger partial charge in [-0.1, -0.05) is 0 Å². The number of aryl methyl sites for hydroxylation is 1. The molecule has 0 aliphatic carbocycles. The lowest BCUT2D eigenvalue weighted by Crippen LogP contribution is -2.25. The summed E-state index contributed by atoms with van der Waals surface area (Å²) in [5.74, 6) is 1.91. The smallest absolute Gasteiger partial charge is 0.121 e. The van der Waals surface area contributed by atoms with E-state index in [0.717, 1.165) is 17.9 Å². The molecule has 1 aromatic rings. The summed E-state index contributed by atoms with van der Waals surface area (Å²) in [5.41, 5.74) is 5.73. The van der Waals surface area contributed by atoms with Gasteiger partial charge in [0.25, 0.3) is 0 Å². The van der Waals surface area contributed by atoms with E-state index < -0.39 is 0 Å². The summed E-state index contributed by atoms with van der Waals surface area (Å²) >= 11 is 0. The number of hydrogen-bond acceptors (Lipinski definition) is 3. The fourth-order valence-corrected chi connectivity index (χ4v) is 1.39. The number of furan rings is 1. The molecule has 0 aliphatic heterocycles. The van der Waals surface area contributed by atoms with E-state index in [-0.39, 0.29) is 12.1 Å². The van der Waals surface area contributed by atoms with Crippen molar-refractivity contribution in [2.24, 2.45) is 5.73 Å². The van der Waals surface area contributed by atoms with Gasteiger partial charge in [0, 0.05) is 6.04 Å². The molecule has 3 nitrogen and oxygen atoms in total. The predicted octanol–water partition coefficient (Wildman–Crippen LogP) is 1.59. The predicted molar refractivity (Wildman–Crippen MR) is 53.5 cm³/mol. The minimum absolute atomic E-state index is 0.183. The molecule has 0 saturated carbocycles. The molecule has 1 heterocycles. The zero-order chi connectivity index (χ0) is 9.84. The van der Waals surface area contributed by atoms with Gasteiger partial charge in [0.2, 0.25) is 0 Å². The fraction of sp³-hybridized carbons (Fsp3) is 0.600. The third-order valence-corrected chi connectivity index (χ3v) is 2.06. The van der Waals surface area contributed by atoms with E-state index in [2.05, 4.69) is 5.32 Å². The molecule has 0 aliphatic rings. The second-order valence-electron chi connectivity index (χ2n) is 3.50. The number of nitrogens with two attached hydrogens (primary N) is 1. The van der Waals surface area contributed by atoms with Gasteiger partial charge in [-0.15, -0.1) is 0 Å². The molecule has 1 aromatic heterocycles. The van der Waals surface area contributed by atoms with E-state index in [4.69, 9.17) is 10.2 Å². The van der Waals surface area contributed by atoms with Gasteiger partial charge in [-0.25, -0.2) is 0 Å². The number of hydrogen-bond donors (Lipinski definition) is 2. The van der Waals surface area contributed by atoms with Gasteiger partial charge in [0.15, 0.2) is 0 Å². The maximum atomic E-state index is 5.73. The van der Waals surface area contributed by atoms with Crippen LogP contribution in [-0.2, 0) is 0 Å². The van der Waals surface area contributed by atoms with Crippen LogP contribution < -0.4 is 11.1 Å². The summed E-state index contributed by atoms with van der Waals surface area (Å²) in [6.07, 6.45) is 0.892. The maximum Gasteiger partial charge on any atom is 0.121 e. The van der Waals surface area contributed by atoms with Crippen LogP contribution in [0, 0.1) is 6.92 Å². The zero-order valence-electron chi connectivity index (χ0n) is 8.50. The Hall–Kier alpha value is -0.800. The first-order chi connectivity index (χ1) is 6.13. The topological polar surface area (TPSA) is 51.2 Å². The Morgan fingerprint density at radius 1 is 1.54 bits per heavy atom. The lowest BCUT2D eigenvalue weighted by atomic mass is 10.1. The Balaban J connectivity index is 2.66. The summed E-state index contributed by atoms with van der Waals surface area (Å²) in [6, 6.07) is 4.39. The average Bonchev–Trinajstić information content (AvgIpc) is 2.47. The van der Waals surface area contributed by atoms with Gasteiger partial charge in [-0.05, 0) is 39.4 Å². The van der Waals surface area contributed by atoms with Crippen molar-refractivity contribution in [2.45, 2.75) is 32.4 Å². The van der Waals surface area contributed by atoms with E-state index in [1.807, 2.05) is 33.0 Å².